The van der Waals surface area contributed by atoms with E-state index in [9.17, 15) is 0 Å². The molecular weight excluding hydrogens is 240 g/mol. The third-order valence-corrected chi connectivity index (χ3v) is 3.02. The summed E-state index contributed by atoms with van der Waals surface area (Å²) in [5.74, 6) is 0.781. The molecule has 4 heteroatoms. The second kappa shape index (κ2) is 8.77. The van der Waals surface area contributed by atoms with Gasteiger partial charge in [-0.1, -0.05) is 13.0 Å². The number of ether oxygens (including phenoxy) is 1. The number of nitrogens with zero attached hydrogens (tertiary/aromatic N) is 1. The Morgan fingerprint density at radius 2 is 2.11 bits per heavy atom. The fourth-order valence-corrected chi connectivity index (χ4v) is 1.93. The van der Waals surface area contributed by atoms with Gasteiger partial charge in [0.25, 0.3) is 0 Å². The van der Waals surface area contributed by atoms with Gasteiger partial charge in [-0.3, -0.25) is 0 Å². The predicted molar refractivity (Wildman–Crippen MR) is 79.5 cm³/mol. The van der Waals surface area contributed by atoms with Crippen LogP contribution in [0.15, 0.2) is 18.2 Å². The summed E-state index contributed by atoms with van der Waals surface area (Å²) < 4.78 is 5.55. The highest BCUT2D eigenvalue weighted by atomic mass is 16.5. The number of hydrogen-bond donors (Lipinski definition) is 2. The molecule has 0 heterocycles. The van der Waals surface area contributed by atoms with E-state index in [0.717, 1.165) is 43.8 Å². The normalized spacial score (nSPS) is 10.9. The van der Waals surface area contributed by atoms with E-state index in [1.807, 2.05) is 19.2 Å². The standard InChI is InChI=1S/C15H26N2O2/c1-3-11-19-15-7-6-13(12-14(15)16)5-4-8-17(2)9-10-18/h6-7,12,18H,3-5,8-11,16H2,1-2H3. The van der Waals surface area contributed by atoms with Crippen molar-refractivity contribution in [1.82, 2.24) is 4.90 Å². The molecule has 0 amide bonds. The van der Waals surface area contributed by atoms with Crippen molar-refractivity contribution in [1.29, 1.82) is 0 Å². The molecule has 3 N–H and O–H groups in total. The summed E-state index contributed by atoms with van der Waals surface area (Å²) in [5, 5.41) is 8.82. The molecule has 1 aromatic rings. The van der Waals surface area contributed by atoms with Crippen LogP contribution in [0, 0.1) is 0 Å². The molecule has 0 aliphatic heterocycles. The van der Waals surface area contributed by atoms with Gasteiger partial charge in [0.1, 0.15) is 5.75 Å². The summed E-state index contributed by atoms with van der Waals surface area (Å²) in [6.07, 6.45) is 3.04. The van der Waals surface area contributed by atoms with Gasteiger partial charge in [0.2, 0.25) is 0 Å². The number of nitrogen functional groups attached to an aromatic ring is 1. The van der Waals surface area contributed by atoms with Gasteiger partial charge in [0.15, 0.2) is 0 Å². The van der Waals surface area contributed by atoms with Crippen LogP contribution in [-0.4, -0.2) is 43.4 Å². The summed E-state index contributed by atoms with van der Waals surface area (Å²) in [4.78, 5) is 2.13. The maximum Gasteiger partial charge on any atom is 0.142 e. The third-order valence-electron chi connectivity index (χ3n) is 3.02. The van der Waals surface area contributed by atoms with Gasteiger partial charge >= 0.3 is 0 Å². The van der Waals surface area contributed by atoms with Crippen LogP contribution in [0.3, 0.4) is 0 Å². The minimum absolute atomic E-state index is 0.215. The second-order valence-electron chi connectivity index (χ2n) is 4.85. The van der Waals surface area contributed by atoms with Crippen molar-refractivity contribution >= 4 is 5.69 Å². The van der Waals surface area contributed by atoms with Crippen molar-refractivity contribution in [2.45, 2.75) is 26.2 Å². The minimum atomic E-state index is 0.215. The molecule has 0 spiro atoms. The van der Waals surface area contributed by atoms with Crippen molar-refractivity contribution in [3.05, 3.63) is 23.8 Å². The summed E-state index contributed by atoms with van der Waals surface area (Å²) >= 11 is 0. The molecule has 0 atom stereocenters. The highest BCUT2D eigenvalue weighted by molar-refractivity contribution is 5.54. The highest BCUT2D eigenvalue weighted by Gasteiger charge is 2.03. The zero-order chi connectivity index (χ0) is 14.1. The largest absolute Gasteiger partial charge is 0.491 e. The molecule has 0 bridgehead atoms. The Kier molecular flexibility index (Phi) is 7.30. The summed E-state index contributed by atoms with van der Waals surface area (Å²) in [5.41, 5.74) is 7.93. The molecule has 0 unspecified atom stereocenters. The topological polar surface area (TPSA) is 58.7 Å². The van der Waals surface area contributed by atoms with Gasteiger partial charge in [-0.25, -0.2) is 0 Å². The number of aliphatic hydroxyl groups excluding tert-OH is 1. The zero-order valence-electron chi connectivity index (χ0n) is 12.1. The fourth-order valence-electron chi connectivity index (χ4n) is 1.93. The quantitative estimate of drug-likeness (QED) is 0.670. The Morgan fingerprint density at radius 3 is 2.74 bits per heavy atom. The van der Waals surface area contributed by atoms with E-state index in [4.69, 9.17) is 15.6 Å². The van der Waals surface area contributed by atoms with E-state index < -0.39 is 0 Å². The van der Waals surface area contributed by atoms with E-state index in [1.54, 1.807) is 0 Å². The molecule has 19 heavy (non-hydrogen) atoms. The van der Waals surface area contributed by atoms with Gasteiger partial charge in [0, 0.05) is 6.54 Å². The minimum Gasteiger partial charge on any atom is -0.491 e. The molecule has 0 fully saturated rings. The molecule has 0 aliphatic carbocycles. The second-order valence-corrected chi connectivity index (χ2v) is 4.85. The maximum absolute atomic E-state index is 8.82. The zero-order valence-corrected chi connectivity index (χ0v) is 12.1. The molecule has 0 radical (unpaired) electrons. The lowest BCUT2D eigenvalue weighted by Crippen LogP contribution is -2.23. The summed E-state index contributed by atoms with van der Waals surface area (Å²) in [6, 6.07) is 6.03. The summed E-state index contributed by atoms with van der Waals surface area (Å²) in [6.45, 7) is 4.70. The molecule has 1 aromatic carbocycles. The van der Waals surface area contributed by atoms with E-state index in [1.165, 1.54) is 5.56 Å². The number of likely N-dealkylation sites (N-methyl/N-ethyl adjacent to an activating group) is 1. The number of aryl methyl sites for hydroxylation is 1. The lowest BCUT2D eigenvalue weighted by molar-refractivity contribution is 0.220. The number of anilines is 1. The molecule has 0 aliphatic rings. The number of benzene rings is 1. The Bertz CT molecular complexity index is 369. The van der Waals surface area contributed by atoms with Gasteiger partial charge < -0.3 is 20.5 Å². The Labute approximate surface area is 116 Å². The first-order chi connectivity index (χ1) is 9.17. The van der Waals surface area contributed by atoms with Crippen molar-refractivity contribution < 1.29 is 9.84 Å². The van der Waals surface area contributed by atoms with Crippen LogP contribution in [0.5, 0.6) is 5.75 Å². The third kappa shape index (κ3) is 5.94. The Balaban J connectivity index is 2.40. The van der Waals surface area contributed by atoms with Crippen LogP contribution in [0.4, 0.5) is 5.69 Å². The fraction of sp³-hybridized carbons (Fsp3) is 0.600. The Hall–Kier alpha value is -1.26. The Morgan fingerprint density at radius 1 is 1.32 bits per heavy atom. The molecule has 108 valence electrons. The van der Waals surface area contributed by atoms with Gasteiger partial charge in [-0.05, 0) is 50.6 Å². The van der Waals surface area contributed by atoms with E-state index in [-0.39, 0.29) is 6.61 Å². The number of aliphatic hydroxyl groups is 1. The van der Waals surface area contributed by atoms with Crippen LogP contribution in [-0.2, 0) is 6.42 Å². The first-order valence-corrected chi connectivity index (χ1v) is 6.98. The van der Waals surface area contributed by atoms with E-state index in [0.29, 0.717) is 6.61 Å². The van der Waals surface area contributed by atoms with Gasteiger partial charge in [-0.15, -0.1) is 0 Å². The maximum atomic E-state index is 8.82. The number of hydrogen-bond acceptors (Lipinski definition) is 4. The van der Waals surface area contributed by atoms with Crippen LogP contribution in [0.1, 0.15) is 25.3 Å². The van der Waals surface area contributed by atoms with Crippen LogP contribution in [0.25, 0.3) is 0 Å². The van der Waals surface area contributed by atoms with Gasteiger partial charge in [-0.2, -0.15) is 0 Å². The number of nitrogens with two attached hydrogens (primary N) is 1. The predicted octanol–water partition coefficient (Wildman–Crippen LogP) is 1.91. The smallest absolute Gasteiger partial charge is 0.142 e. The molecule has 0 saturated carbocycles. The van der Waals surface area contributed by atoms with Crippen LogP contribution >= 0.6 is 0 Å². The number of rotatable bonds is 9. The molecule has 0 saturated heterocycles. The lowest BCUT2D eigenvalue weighted by atomic mass is 10.1. The van der Waals surface area contributed by atoms with Gasteiger partial charge in [0.05, 0.1) is 18.9 Å². The summed E-state index contributed by atoms with van der Waals surface area (Å²) in [7, 11) is 2.02. The van der Waals surface area contributed by atoms with Crippen molar-refractivity contribution in [3.8, 4) is 5.75 Å². The lowest BCUT2D eigenvalue weighted by Gasteiger charge is -2.15. The molecular formula is C15H26N2O2. The first kappa shape index (κ1) is 15.8. The molecule has 4 nitrogen and oxygen atoms in total. The van der Waals surface area contributed by atoms with E-state index >= 15 is 0 Å². The van der Waals surface area contributed by atoms with Crippen molar-refractivity contribution in [3.63, 3.8) is 0 Å². The first-order valence-electron chi connectivity index (χ1n) is 6.98. The van der Waals surface area contributed by atoms with Crippen molar-refractivity contribution in [2.75, 3.05) is 39.1 Å². The van der Waals surface area contributed by atoms with Crippen molar-refractivity contribution in [2.24, 2.45) is 0 Å². The average Bonchev–Trinajstić information content (AvgIpc) is 2.38. The highest BCUT2D eigenvalue weighted by Crippen LogP contribution is 2.23. The van der Waals surface area contributed by atoms with E-state index in [2.05, 4.69) is 17.9 Å². The van der Waals surface area contributed by atoms with Crippen LogP contribution < -0.4 is 10.5 Å². The SMILES string of the molecule is CCCOc1ccc(CCCN(C)CCO)cc1N. The monoisotopic (exact) mass is 266 g/mol. The van der Waals surface area contributed by atoms with Crippen LogP contribution in [0.2, 0.25) is 0 Å². The average molecular weight is 266 g/mol. The molecule has 0 aromatic heterocycles. The molecule has 1 rings (SSSR count).